The number of allylic oxidation sites excluding steroid dienone is 1. The second kappa shape index (κ2) is 4.87. The molecule has 1 N–H and O–H groups in total. The molecule has 6 heteroatoms. The number of rotatable bonds is 5. The largest absolute Gasteiger partial charge is 0.496 e. The van der Waals surface area contributed by atoms with Crippen LogP contribution < -0.4 is 5.32 Å². The summed E-state index contributed by atoms with van der Waals surface area (Å²) in [5.74, 6) is -0.861. The molecule has 1 heterocycles. The predicted octanol–water partition coefficient (Wildman–Crippen LogP) is 0.299. The molecule has 2 rings (SSSR count). The van der Waals surface area contributed by atoms with Gasteiger partial charge in [-0.1, -0.05) is 6.08 Å². The molecule has 0 saturated carbocycles. The van der Waals surface area contributed by atoms with Crippen molar-refractivity contribution in [2.45, 2.75) is 12.8 Å². The summed E-state index contributed by atoms with van der Waals surface area (Å²) in [6, 6.07) is 0. The van der Waals surface area contributed by atoms with E-state index in [1.165, 1.54) is 14.2 Å². The van der Waals surface area contributed by atoms with E-state index in [1.807, 2.05) is 0 Å². The predicted molar refractivity (Wildman–Crippen MR) is 64.6 cm³/mol. The van der Waals surface area contributed by atoms with Gasteiger partial charge in [0.1, 0.15) is 12.2 Å². The molecule has 2 unspecified atom stereocenters. The van der Waals surface area contributed by atoms with Crippen molar-refractivity contribution >= 4 is 18.1 Å². The first-order valence-corrected chi connectivity index (χ1v) is 5.91. The fraction of sp³-hybridized carbons (Fsp3) is 0.462. The van der Waals surface area contributed by atoms with Crippen molar-refractivity contribution in [2.75, 3.05) is 14.2 Å². The number of hydrogen-bond donors (Lipinski definition) is 1. The number of hydrogen-bond acceptors (Lipinski definition) is 5. The number of nitrogens with one attached hydrogen (secondary N) is 1. The zero-order valence-corrected chi connectivity index (χ0v) is 10.8. The first kappa shape index (κ1) is 13.3. The van der Waals surface area contributed by atoms with Crippen LogP contribution in [0.3, 0.4) is 0 Å². The van der Waals surface area contributed by atoms with Crippen molar-refractivity contribution in [1.29, 1.82) is 0 Å². The maximum absolute atomic E-state index is 12.1. The third-order valence-corrected chi connectivity index (χ3v) is 3.59. The third kappa shape index (κ3) is 1.83. The molecule has 0 spiro atoms. The minimum Gasteiger partial charge on any atom is -0.496 e. The van der Waals surface area contributed by atoms with Gasteiger partial charge in [0.25, 0.3) is 0 Å². The Hall–Kier alpha value is -2.11. The van der Waals surface area contributed by atoms with Gasteiger partial charge in [-0.15, -0.1) is 0 Å². The maximum atomic E-state index is 12.1. The smallest absolute Gasteiger partial charge is 0.238 e. The molecule has 2 amide bonds. The standard InChI is InChI=1S/C13H15NO5/c1-18-8-4-6-13(5-3-7-15)9(10(8)19-2)11(16)14-12(13)17/h4,6-7,9H,3,5H2,1-2H3,(H,14,16,17). The molecule has 1 fully saturated rings. The van der Waals surface area contributed by atoms with Crippen LogP contribution in [0.15, 0.2) is 23.7 Å². The van der Waals surface area contributed by atoms with E-state index in [9.17, 15) is 14.4 Å². The highest BCUT2D eigenvalue weighted by atomic mass is 16.5. The van der Waals surface area contributed by atoms with Crippen LogP contribution in [0.2, 0.25) is 0 Å². The number of ether oxygens (including phenoxy) is 2. The highest BCUT2D eigenvalue weighted by Crippen LogP contribution is 2.47. The van der Waals surface area contributed by atoms with Crippen molar-refractivity contribution in [3.05, 3.63) is 23.7 Å². The Balaban J connectivity index is 2.50. The fourth-order valence-corrected chi connectivity index (χ4v) is 2.67. The SMILES string of the molecule is COC1=C(OC)C2C(=O)NC(=O)C2(CCC=O)C=C1. The van der Waals surface area contributed by atoms with Crippen molar-refractivity contribution in [1.82, 2.24) is 5.32 Å². The molecule has 2 aliphatic rings. The van der Waals surface area contributed by atoms with Gasteiger partial charge in [0.2, 0.25) is 11.8 Å². The van der Waals surface area contributed by atoms with Crippen LogP contribution in [0.25, 0.3) is 0 Å². The third-order valence-electron chi connectivity index (χ3n) is 3.59. The van der Waals surface area contributed by atoms with E-state index in [-0.39, 0.29) is 12.8 Å². The molecular formula is C13H15NO5. The van der Waals surface area contributed by atoms with Crippen LogP contribution in [0, 0.1) is 11.3 Å². The zero-order chi connectivity index (χ0) is 14.0. The Morgan fingerprint density at radius 3 is 2.68 bits per heavy atom. The molecule has 0 radical (unpaired) electrons. The van der Waals surface area contributed by atoms with Crippen molar-refractivity contribution < 1.29 is 23.9 Å². The molecule has 102 valence electrons. The Labute approximate surface area is 110 Å². The highest BCUT2D eigenvalue weighted by Gasteiger charge is 2.57. The van der Waals surface area contributed by atoms with E-state index in [1.54, 1.807) is 12.2 Å². The fourth-order valence-electron chi connectivity index (χ4n) is 2.67. The Morgan fingerprint density at radius 1 is 1.37 bits per heavy atom. The Kier molecular flexibility index (Phi) is 3.42. The molecular weight excluding hydrogens is 250 g/mol. The van der Waals surface area contributed by atoms with Gasteiger partial charge in [0.05, 0.1) is 19.6 Å². The average molecular weight is 265 g/mol. The lowest BCUT2D eigenvalue weighted by atomic mass is 9.70. The molecule has 2 atom stereocenters. The summed E-state index contributed by atoms with van der Waals surface area (Å²) in [6.45, 7) is 0. The molecule has 0 bridgehead atoms. The quantitative estimate of drug-likeness (QED) is 0.571. The first-order valence-electron chi connectivity index (χ1n) is 5.91. The van der Waals surface area contributed by atoms with E-state index < -0.39 is 23.1 Å². The van der Waals surface area contributed by atoms with Crippen molar-refractivity contribution in [3.63, 3.8) is 0 Å². The molecule has 0 aromatic carbocycles. The van der Waals surface area contributed by atoms with Crippen LogP contribution in [-0.4, -0.2) is 32.3 Å². The van der Waals surface area contributed by atoms with Gasteiger partial charge in [0, 0.05) is 6.42 Å². The minimum atomic E-state index is -1.05. The number of carbonyl (C=O) groups excluding carboxylic acids is 3. The molecule has 1 aliphatic carbocycles. The topological polar surface area (TPSA) is 81.7 Å². The van der Waals surface area contributed by atoms with Gasteiger partial charge in [-0.2, -0.15) is 0 Å². The lowest BCUT2D eigenvalue weighted by Crippen LogP contribution is -2.37. The van der Waals surface area contributed by atoms with Crippen molar-refractivity contribution in [3.8, 4) is 0 Å². The summed E-state index contributed by atoms with van der Waals surface area (Å²) in [7, 11) is 2.89. The normalized spacial score (nSPS) is 29.1. The number of aldehydes is 1. The monoisotopic (exact) mass is 265 g/mol. The van der Waals surface area contributed by atoms with Crippen molar-refractivity contribution in [2.24, 2.45) is 11.3 Å². The highest BCUT2D eigenvalue weighted by molar-refractivity contribution is 6.10. The Bertz CT molecular complexity index is 493. The van der Waals surface area contributed by atoms with E-state index in [0.29, 0.717) is 11.5 Å². The van der Waals surface area contributed by atoms with Gasteiger partial charge < -0.3 is 14.3 Å². The van der Waals surface area contributed by atoms with Crippen LogP contribution in [0.4, 0.5) is 0 Å². The average Bonchev–Trinajstić information content (AvgIpc) is 2.67. The summed E-state index contributed by atoms with van der Waals surface area (Å²) in [6.07, 6.45) is 4.43. The van der Waals surface area contributed by atoms with E-state index in [2.05, 4.69) is 5.32 Å². The van der Waals surface area contributed by atoms with Crippen LogP contribution in [-0.2, 0) is 23.9 Å². The van der Waals surface area contributed by atoms with Gasteiger partial charge in [-0.3, -0.25) is 14.9 Å². The van der Waals surface area contributed by atoms with Gasteiger partial charge >= 0.3 is 0 Å². The summed E-state index contributed by atoms with van der Waals surface area (Å²) in [5, 5.41) is 2.30. The maximum Gasteiger partial charge on any atom is 0.238 e. The van der Waals surface area contributed by atoms with E-state index >= 15 is 0 Å². The van der Waals surface area contributed by atoms with Crippen LogP contribution in [0.5, 0.6) is 0 Å². The molecule has 0 aromatic heterocycles. The molecule has 1 saturated heterocycles. The second-order valence-electron chi connectivity index (χ2n) is 4.47. The molecule has 0 aromatic rings. The number of imide groups is 1. The number of amides is 2. The van der Waals surface area contributed by atoms with E-state index in [0.717, 1.165) is 6.29 Å². The number of methoxy groups -OCH3 is 2. The van der Waals surface area contributed by atoms with Crippen LogP contribution in [0.1, 0.15) is 12.8 Å². The van der Waals surface area contributed by atoms with Crippen LogP contribution >= 0.6 is 0 Å². The summed E-state index contributed by atoms with van der Waals surface area (Å²) in [4.78, 5) is 34.7. The number of fused-ring (bicyclic) bond motifs is 1. The summed E-state index contributed by atoms with van der Waals surface area (Å²) < 4.78 is 10.4. The molecule has 19 heavy (non-hydrogen) atoms. The zero-order valence-electron chi connectivity index (χ0n) is 10.8. The van der Waals surface area contributed by atoms with Gasteiger partial charge in [-0.25, -0.2) is 0 Å². The van der Waals surface area contributed by atoms with E-state index in [4.69, 9.17) is 9.47 Å². The lowest BCUT2D eigenvalue weighted by Gasteiger charge is -2.32. The second-order valence-corrected chi connectivity index (χ2v) is 4.47. The summed E-state index contributed by atoms with van der Waals surface area (Å²) in [5.41, 5.74) is -1.05. The number of carbonyl (C=O) groups is 3. The molecule has 1 aliphatic heterocycles. The van der Waals surface area contributed by atoms with Gasteiger partial charge in [-0.05, 0) is 12.5 Å². The molecule has 6 nitrogen and oxygen atoms in total. The summed E-state index contributed by atoms with van der Waals surface area (Å²) >= 11 is 0. The lowest BCUT2D eigenvalue weighted by molar-refractivity contribution is -0.127. The minimum absolute atomic E-state index is 0.195. The first-order chi connectivity index (χ1) is 9.10. The van der Waals surface area contributed by atoms with Gasteiger partial charge in [0.15, 0.2) is 11.5 Å². The Morgan fingerprint density at radius 2 is 2.11 bits per heavy atom.